The zero-order valence-corrected chi connectivity index (χ0v) is 13.8. The van der Waals surface area contributed by atoms with Gasteiger partial charge in [0.05, 0.1) is 11.6 Å². The first-order chi connectivity index (χ1) is 9.90. The number of anilines is 1. The number of hydrogen-bond donors (Lipinski definition) is 0. The maximum Gasteiger partial charge on any atom is 0.267 e. The highest BCUT2D eigenvalue weighted by Crippen LogP contribution is 2.27. The second-order valence-corrected chi connectivity index (χ2v) is 6.96. The number of benzene rings is 1. The molecule has 0 spiro atoms. The van der Waals surface area contributed by atoms with Gasteiger partial charge in [0.15, 0.2) is 0 Å². The molecule has 0 unspecified atom stereocenters. The number of halogens is 1. The topological polar surface area (TPSA) is 50.5 Å². The van der Waals surface area contributed by atoms with Gasteiger partial charge in [0.1, 0.15) is 16.4 Å². The highest BCUT2D eigenvalue weighted by molar-refractivity contribution is 7.92. The van der Waals surface area contributed by atoms with Gasteiger partial charge < -0.3 is 4.42 Å². The lowest BCUT2D eigenvalue weighted by Gasteiger charge is -2.19. The predicted molar refractivity (Wildman–Crippen MR) is 84.4 cm³/mol. The van der Waals surface area contributed by atoms with Gasteiger partial charge in [-0.1, -0.05) is 19.1 Å². The summed E-state index contributed by atoms with van der Waals surface area (Å²) >= 11 is 5.69. The third-order valence-corrected chi connectivity index (χ3v) is 5.56. The lowest BCUT2D eigenvalue weighted by atomic mass is 10.1. The van der Waals surface area contributed by atoms with Gasteiger partial charge in [-0.3, -0.25) is 4.31 Å². The molecule has 2 rings (SSSR count). The van der Waals surface area contributed by atoms with E-state index in [1.807, 2.05) is 12.1 Å². The monoisotopic (exact) mass is 327 g/mol. The fourth-order valence-electron chi connectivity index (χ4n) is 2.07. The maximum atomic E-state index is 12.7. The van der Waals surface area contributed by atoms with Crippen LogP contribution in [0.15, 0.2) is 39.6 Å². The summed E-state index contributed by atoms with van der Waals surface area (Å²) < 4.78 is 31.9. The Balaban J connectivity index is 2.39. The summed E-state index contributed by atoms with van der Waals surface area (Å²) in [4.78, 5) is 0.153. The number of hydrogen-bond acceptors (Lipinski definition) is 3. The Kier molecular flexibility index (Phi) is 4.64. The standard InChI is InChI=1S/C15H18ClNO3S/c1-4-12-5-7-13(8-6-12)17(3)21(18,19)15-9-14(10-16)20-11(15)2/h5-9H,4,10H2,1-3H3. The summed E-state index contributed by atoms with van der Waals surface area (Å²) in [7, 11) is -2.12. The van der Waals surface area contributed by atoms with Crippen molar-refractivity contribution in [3.8, 4) is 0 Å². The first-order valence-electron chi connectivity index (χ1n) is 6.63. The average Bonchev–Trinajstić information content (AvgIpc) is 2.88. The van der Waals surface area contributed by atoms with Gasteiger partial charge >= 0.3 is 0 Å². The number of rotatable bonds is 5. The van der Waals surface area contributed by atoms with Gasteiger partial charge in [-0.05, 0) is 31.0 Å². The van der Waals surface area contributed by atoms with Crippen molar-refractivity contribution < 1.29 is 12.8 Å². The van der Waals surface area contributed by atoms with Crippen LogP contribution in [0.5, 0.6) is 0 Å². The largest absolute Gasteiger partial charge is 0.464 e. The number of alkyl halides is 1. The number of furan rings is 1. The van der Waals surface area contributed by atoms with Gasteiger partial charge in [-0.2, -0.15) is 0 Å². The highest BCUT2D eigenvalue weighted by Gasteiger charge is 2.26. The second kappa shape index (κ2) is 6.12. The molecule has 0 aliphatic rings. The molecule has 114 valence electrons. The van der Waals surface area contributed by atoms with Crippen molar-refractivity contribution in [3.63, 3.8) is 0 Å². The minimum Gasteiger partial charge on any atom is -0.464 e. The van der Waals surface area contributed by atoms with Crippen LogP contribution in [0.3, 0.4) is 0 Å². The molecular formula is C15H18ClNO3S. The minimum atomic E-state index is -3.65. The van der Waals surface area contributed by atoms with Crippen LogP contribution in [0.1, 0.15) is 24.0 Å². The average molecular weight is 328 g/mol. The molecule has 0 saturated heterocycles. The molecule has 0 aliphatic carbocycles. The van der Waals surface area contributed by atoms with Gasteiger partial charge in [0.25, 0.3) is 10.0 Å². The van der Waals surface area contributed by atoms with Crippen LogP contribution < -0.4 is 4.31 Å². The van der Waals surface area contributed by atoms with E-state index >= 15 is 0 Å². The molecule has 0 radical (unpaired) electrons. The Labute approximate surface area is 130 Å². The van der Waals surface area contributed by atoms with E-state index in [1.165, 1.54) is 17.4 Å². The summed E-state index contributed by atoms with van der Waals surface area (Å²) in [5, 5.41) is 0. The molecule has 21 heavy (non-hydrogen) atoms. The fraction of sp³-hybridized carbons (Fsp3) is 0.333. The summed E-state index contributed by atoms with van der Waals surface area (Å²) in [6, 6.07) is 8.93. The quantitative estimate of drug-likeness (QED) is 0.786. The molecule has 0 fully saturated rings. The summed E-state index contributed by atoms with van der Waals surface area (Å²) in [5.41, 5.74) is 1.77. The molecular weight excluding hydrogens is 310 g/mol. The predicted octanol–water partition coefficient (Wildman–Crippen LogP) is 3.71. The second-order valence-electron chi connectivity index (χ2n) is 4.76. The lowest BCUT2D eigenvalue weighted by molar-refractivity contribution is 0.492. The van der Waals surface area contributed by atoms with E-state index in [0.717, 1.165) is 12.0 Å². The zero-order valence-electron chi connectivity index (χ0n) is 12.3. The van der Waals surface area contributed by atoms with Crippen LogP contribution in [0.25, 0.3) is 0 Å². The van der Waals surface area contributed by atoms with Crippen molar-refractivity contribution in [2.24, 2.45) is 0 Å². The minimum absolute atomic E-state index is 0.144. The van der Waals surface area contributed by atoms with Crippen LogP contribution >= 0.6 is 11.6 Å². The molecule has 0 saturated carbocycles. The molecule has 1 heterocycles. The summed E-state index contributed by atoms with van der Waals surface area (Å²) in [6.45, 7) is 3.68. The first kappa shape index (κ1) is 15.9. The summed E-state index contributed by atoms with van der Waals surface area (Å²) in [5.74, 6) is 0.941. The van der Waals surface area contributed by atoms with Crippen LogP contribution in [0, 0.1) is 6.92 Å². The molecule has 0 aliphatic heterocycles. The SMILES string of the molecule is CCc1ccc(N(C)S(=O)(=O)c2cc(CCl)oc2C)cc1. The van der Waals surface area contributed by atoms with E-state index in [1.54, 1.807) is 19.1 Å². The lowest BCUT2D eigenvalue weighted by Crippen LogP contribution is -2.26. The Morgan fingerprint density at radius 2 is 1.86 bits per heavy atom. The van der Waals surface area contributed by atoms with E-state index in [-0.39, 0.29) is 10.8 Å². The van der Waals surface area contributed by atoms with E-state index in [9.17, 15) is 8.42 Å². The molecule has 0 N–H and O–H groups in total. The van der Waals surface area contributed by atoms with Crippen LogP contribution in [0.2, 0.25) is 0 Å². The van der Waals surface area contributed by atoms with Crippen molar-refractivity contribution in [1.82, 2.24) is 0 Å². The summed E-state index contributed by atoms with van der Waals surface area (Å²) in [6.07, 6.45) is 0.913. The Morgan fingerprint density at radius 1 is 1.24 bits per heavy atom. The van der Waals surface area contributed by atoms with E-state index in [4.69, 9.17) is 16.0 Å². The first-order valence-corrected chi connectivity index (χ1v) is 8.60. The van der Waals surface area contributed by atoms with Crippen LogP contribution in [0.4, 0.5) is 5.69 Å². The number of sulfonamides is 1. The van der Waals surface area contributed by atoms with Gasteiger partial charge in [-0.25, -0.2) is 8.42 Å². The van der Waals surface area contributed by atoms with Crippen molar-refractivity contribution in [3.05, 3.63) is 47.4 Å². The molecule has 4 nitrogen and oxygen atoms in total. The molecule has 2 aromatic rings. The number of nitrogens with zero attached hydrogens (tertiary/aromatic N) is 1. The highest BCUT2D eigenvalue weighted by atomic mass is 35.5. The zero-order chi connectivity index (χ0) is 15.6. The molecule has 0 bridgehead atoms. The van der Waals surface area contributed by atoms with Crippen LogP contribution in [-0.4, -0.2) is 15.5 Å². The molecule has 0 atom stereocenters. The van der Waals surface area contributed by atoms with Gasteiger partial charge in [0, 0.05) is 13.1 Å². The van der Waals surface area contributed by atoms with E-state index in [2.05, 4.69) is 6.92 Å². The molecule has 0 amide bonds. The van der Waals surface area contributed by atoms with E-state index in [0.29, 0.717) is 17.2 Å². The Morgan fingerprint density at radius 3 is 2.33 bits per heavy atom. The van der Waals surface area contributed by atoms with E-state index < -0.39 is 10.0 Å². The third-order valence-electron chi connectivity index (χ3n) is 3.40. The smallest absolute Gasteiger partial charge is 0.267 e. The van der Waals surface area contributed by atoms with Gasteiger partial charge in [-0.15, -0.1) is 11.6 Å². The molecule has 1 aromatic heterocycles. The maximum absolute atomic E-state index is 12.7. The van der Waals surface area contributed by atoms with Crippen LogP contribution in [-0.2, 0) is 22.3 Å². The van der Waals surface area contributed by atoms with Crippen molar-refractivity contribution >= 4 is 27.3 Å². The van der Waals surface area contributed by atoms with Gasteiger partial charge in [0.2, 0.25) is 0 Å². The van der Waals surface area contributed by atoms with Crippen molar-refractivity contribution in [2.45, 2.75) is 31.0 Å². The Hall–Kier alpha value is -1.46. The molecule has 6 heteroatoms. The molecule has 1 aromatic carbocycles. The fourth-order valence-corrected chi connectivity index (χ4v) is 3.59. The third kappa shape index (κ3) is 3.09. The normalized spacial score (nSPS) is 11.6. The Bertz CT molecular complexity index is 720. The van der Waals surface area contributed by atoms with Crippen molar-refractivity contribution in [1.29, 1.82) is 0 Å². The van der Waals surface area contributed by atoms with Crippen molar-refractivity contribution in [2.75, 3.05) is 11.4 Å². The number of aryl methyl sites for hydroxylation is 2.